The molecule has 0 bridgehead atoms. The maximum absolute atomic E-state index is 4.71. The summed E-state index contributed by atoms with van der Waals surface area (Å²) in [6, 6.07) is 21.3. The number of rotatable bonds is 4. The molecule has 0 aliphatic carbocycles. The van der Waals surface area contributed by atoms with E-state index >= 15 is 0 Å². The summed E-state index contributed by atoms with van der Waals surface area (Å²) in [5.41, 5.74) is 6.21. The molecule has 0 radical (unpaired) electrons. The maximum atomic E-state index is 4.71. The third-order valence-corrected chi connectivity index (χ3v) is 5.24. The molecule has 4 aromatic rings. The average molecular weight is 401 g/mol. The van der Waals surface area contributed by atoms with Gasteiger partial charge in [-0.25, -0.2) is 0 Å². The lowest BCUT2D eigenvalue weighted by Crippen LogP contribution is -1.94. The fourth-order valence-electron chi connectivity index (χ4n) is 3.71. The van der Waals surface area contributed by atoms with E-state index in [2.05, 4.69) is 94.2 Å². The summed E-state index contributed by atoms with van der Waals surface area (Å²) in [6.07, 6.45) is 4.08. The van der Waals surface area contributed by atoms with Crippen LogP contribution in [0.25, 0.3) is 21.8 Å². The van der Waals surface area contributed by atoms with E-state index in [1.807, 2.05) is 12.3 Å². The minimum Gasteiger partial charge on any atom is -0.256 e. The van der Waals surface area contributed by atoms with Crippen molar-refractivity contribution in [2.75, 3.05) is 0 Å². The molecule has 2 aromatic carbocycles. The number of nitrogens with zero attached hydrogens (tertiary/aromatic N) is 2. The summed E-state index contributed by atoms with van der Waals surface area (Å²) < 4.78 is 0. The smallest absolute Gasteiger partial charge is 0.0736 e. The zero-order chi connectivity index (χ0) is 20.8. The van der Waals surface area contributed by atoms with Gasteiger partial charge in [-0.05, 0) is 47.6 Å². The van der Waals surface area contributed by atoms with Crippen LogP contribution in [0.3, 0.4) is 0 Å². The summed E-state index contributed by atoms with van der Waals surface area (Å²) in [6.45, 7) is 11.0. The van der Waals surface area contributed by atoms with Crippen molar-refractivity contribution in [1.29, 1.82) is 0 Å². The van der Waals surface area contributed by atoms with Crippen LogP contribution in [-0.4, -0.2) is 9.97 Å². The topological polar surface area (TPSA) is 25.8 Å². The highest BCUT2D eigenvalue weighted by molar-refractivity contribution is 5.83. The van der Waals surface area contributed by atoms with Crippen LogP contribution in [0, 0.1) is 0 Å². The van der Waals surface area contributed by atoms with Gasteiger partial charge in [-0.1, -0.05) is 90.9 Å². The van der Waals surface area contributed by atoms with E-state index < -0.39 is 0 Å². The number of fused-ring (bicyclic) bond motifs is 2. The van der Waals surface area contributed by atoms with Crippen LogP contribution in [0.5, 0.6) is 0 Å². The van der Waals surface area contributed by atoms with Crippen LogP contribution in [-0.2, 0) is 6.42 Å². The molecular weight excluding hydrogens is 364 g/mol. The third kappa shape index (κ3) is 5.44. The van der Waals surface area contributed by atoms with Gasteiger partial charge in [0.25, 0.3) is 0 Å². The minimum atomic E-state index is 0. The molecule has 0 N–H and O–H groups in total. The standard InChI is InChI=1S/C15H19N.C12H13N.CH4/c1-4-6-12-9-10-14-13(11(2)3)7-5-8-15(14)16-12;1-9(2)11-7-3-5-10-6-4-8-13-12(10)11;/h5,7-11H,4,6H2,1-3H3;3-9H,1-2H3;1H4. The van der Waals surface area contributed by atoms with Crippen LogP contribution in [0.15, 0.2) is 66.9 Å². The van der Waals surface area contributed by atoms with E-state index in [9.17, 15) is 0 Å². The van der Waals surface area contributed by atoms with E-state index in [-0.39, 0.29) is 7.43 Å². The van der Waals surface area contributed by atoms with Gasteiger partial charge < -0.3 is 0 Å². The normalized spacial score (nSPS) is 10.8. The van der Waals surface area contributed by atoms with Crippen molar-refractivity contribution in [3.63, 3.8) is 0 Å². The van der Waals surface area contributed by atoms with Crippen LogP contribution in [0.4, 0.5) is 0 Å². The predicted octanol–water partition coefficient (Wildman–Crippen LogP) is 8.31. The van der Waals surface area contributed by atoms with E-state index in [1.165, 1.54) is 27.6 Å². The number of benzene rings is 2. The van der Waals surface area contributed by atoms with Crippen molar-refractivity contribution in [2.24, 2.45) is 0 Å². The Bertz CT molecular complexity index is 1070. The second-order valence-electron chi connectivity index (χ2n) is 8.20. The highest BCUT2D eigenvalue weighted by atomic mass is 14.7. The van der Waals surface area contributed by atoms with E-state index in [4.69, 9.17) is 4.98 Å². The summed E-state index contributed by atoms with van der Waals surface area (Å²) in [5.74, 6) is 1.10. The first-order valence-electron chi connectivity index (χ1n) is 10.7. The van der Waals surface area contributed by atoms with Crippen LogP contribution in [0.2, 0.25) is 0 Å². The molecule has 2 heterocycles. The average Bonchev–Trinajstić information content (AvgIpc) is 2.73. The number of para-hydroxylation sites is 1. The molecule has 4 rings (SSSR count). The molecule has 0 atom stereocenters. The van der Waals surface area contributed by atoms with Crippen LogP contribution in [0.1, 0.15) is 77.1 Å². The van der Waals surface area contributed by atoms with E-state index in [0.29, 0.717) is 11.8 Å². The number of pyridine rings is 2. The van der Waals surface area contributed by atoms with Crippen molar-refractivity contribution in [3.8, 4) is 0 Å². The van der Waals surface area contributed by atoms with Gasteiger partial charge in [0.2, 0.25) is 0 Å². The molecule has 2 heteroatoms. The molecular formula is C28H36N2. The lowest BCUT2D eigenvalue weighted by molar-refractivity contribution is 0.871. The molecule has 158 valence electrons. The number of aryl methyl sites for hydroxylation is 1. The fourth-order valence-corrected chi connectivity index (χ4v) is 3.71. The third-order valence-electron chi connectivity index (χ3n) is 5.24. The molecule has 2 aromatic heterocycles. The van der Waals surface area contributed by atoms with Crippen LogP contribution >= 0.6 is 0 Å². The molecule has 0 amide bonds. The van der Waals surface area contributed by atoms with Crippen LogP contribution < -0.4 is 0 Å². The van der Waals surface area contributed by atoms with Crippen molar-refractivity contribution < 1.29 is 0 Å². The lowest BCUT2D eigenvalue weighted by Gasteiger charge is -2.10. The monoisotopic (exact) mass is 400 g/mol. The second-order valence-corrected chi connectivity index (χ2v) is 8.20. The van der Waals surface area contributed by atoms with E-state index in [0.717, 1.165) is 23.9 Å². The highest BCUT2D eigenvalue weighted by Crippen LogP contribution is 2.25. The van der Waals surface area contributed by atoms with Gasteiger partial charge in [-0.3, -0.25) is 9.97 Å². The Balaban J connectivity index is 0.000000211. The number of hydrogen-bond donors (Lipinski definition) is 0. The molecule has 0 unspecified atom stereocenters. The van der Waals surface area contributed by atoms with Crippen molar-refractivity contribution in [3.05, 3.63) is 83.7 Å². The summed E-state index contributed by atoms with van der Waals surface area (Å²) in [7, 11) is 0. The SMILES string of the molecule is C.CC(C)c1cccc2cccnc12.CCCc1ccc2c(C(C)C)cccc2n1. The summed E-state index contributed by atoms with van der Waals surface area (Å²) >= 11 is 0. The zero-order valence-corrected chi connectivity index (χ0v) is 18.3. The Labute approximate surface area is 182 Å². The van der Waals surface area contributed by atoms with Crippen molar-refractivity contribution in [1.82, 2.24) is 9.97 Å². The molecule has 0 aliphatic heterocycles. The highest BCUT2D eigenvalue weighted by Gasteiger charge is 2.06. The Kier molecular flexibility index (Phi) is 8.53. The Morgan fingerprint density at radius 2 is 1.43 bits per heavy atom. The molecule has 0 fully saturated rings. The Morgan fingerprint density at radius 3 is 2.13 bits per heavy atom. The number of hydrogen-bond acceptors (Lipinski definition) is 2. The molecule has 30 heavy (non-hydrogen) atoms. The van der Waals surface area contributed by atoms with Crippen molar-refractivity contribution >= 4 is 21.8 Å². The summed E-state index contributed by atoms with van der Waals surface area (Å²) in [5, 5.41) is 2.53. The van der Waals surface area contributed by atoms with Gasteiger partial charge in [-0.15, -0.1) is 0 Å². The van der Waals surface area contributed by atoms with Gasteiger partial charge in [0.05, 0.1) is 11.0 Å². The lowest BCUT2D eigenvalue weighted by atomic mass is 9.98. The van der Waals surface area contributed by atoms with Gasteiger partial charge in [0.1, 0.15) is 0 Å². The van der Waals surface area contributed by atoms with Gasteiger partial charge in [0.15, 0.2) is 0 Å². The maximum Gasteiger partial charge on any atom is 0.0736 e. The largest absolute Gasteiger partial charge is 0.256 e. The molecule has 0 spiro atoms. The zero-order valence-electron chi connectivity index (χ0n) is 18.3. The quantitative estimate of drug-likeness (QED) is 0.344. The molecule has 0 saturated heterocycles. The van der Waals surface area contributed by atoms with Gasteiger partial charge in [-0.2, -0.15) is 0 Å². The molecule has 0 aliphatic rings. The fraction of sp³-hybridized carbons (Fsp3) is 0.357. The van der Waals surface area contributed by atoms with Gasteiger partial charge >= 0.3 is 0 Å². The number of aromatic nitrogens is 2. The minimum absolute atomic E-state index is 0. The Hall–Kier alpha value is -2.74. The molecule has 2 nitrogen and oxygen atoms in total. The van der Waals surface area contributed by atoms with Gasteiger partial charge in [0, 0.05) is 22.7 Å². The first kappa shape index (κ1) is 23.5. The molecule has 0 saturated carbocycles. The first-order chi connectivity index (χ1) is 14.0. The Morgan fingerprint density at radius 1 is 0.767 bits per heavy atom. The van der Waals surface area contributed by atoms with E-state index in [1.54, 1.807) is 0 Å². The summed E-state index contributed by atoms with van der Waals surface area (Å²) in [4.78, 5) is 9.11. The predicted molar refractivity (Wildman–Crippen MR) is 132 cm³/mol. The van der Waals surface area contributed by atoms with Crippen molar-refractivity contribution in [2.45, 2.75) is 66.7 Å². The second kappa shape index (κ2) is 10.9. The first-order valence-corrected chi connectivity index (χ1v) is 10.7.